The van der Waals surface area contributed by atoms with Crippen LogP contribution >= 0.6 is 11.6 Å². The lowest BCUT2D eigenvalue weighted by molar-refractivity contribution is 0.437. The minimum Gasteiger partial charge on any atom is -0.374 e. The first-order valence-corrected chi connectivity index (χ1v) is 6.53. The second kappa shape index (κ2) is 5.66. The molecule has 1 nitrogen and oxygen atoms in total. The van der Waals surface area contributed by atoms with E-state index in [4.69, 9.17) is 19.4 Å². The van der Waals surface area contributed by atoms with Crippen LogP contribution < -0.4 is 0 Å². The Morgan fingerprint density at radius 1 is 1.39 bits per heavy atom. The fraction of sp³-hybridized carbons (Fsp3) is 0.333. The molecule has 0 atom stereocenters. The fourth-order valence-corrected chi connectivity index (χ4v) is 2.49. The van der Waals surface area contributed by atoms with Gasteiger partial charge in [-0.2, -0.15) is 0 Å². The smallest absolute Gasteiger partial charge is 0.110 e. The molecule has 18 heavy (non-hydrogen) atoms. The van der Waals surface area contributed by atoms with E-state index in [0.29, 0.717) is 0 Å². The second-order valence-corrected chi connectivity index (χ2v) is 5.30. The monoisotopic (exact) mass is 257 g/mol. The maximum absolute atomic E-state index is 5.99. The van der Waals surface area contributed by atoms with Crippen LogP contribution in [0.25, 0.3) is 0 Å². The van der Waals surface area contributed by atoms with Crippen LogP contribution in [0.3, 0.4) is 0 Å². The number of hydrogen-bond donors (Lipinski definition) is 0. The van der Waals surface area contributed by atoms with E-state index in [-0.39, 0.29) is 0 Å². The van der Waals surface area contributed by atoms with Crippen LogP contribution in [0.2, 0.25) is 0 Å². The zero-order valence-corrected chi connectivity index (χ0v) is 11.7. The van der Waals surface area contributed by atoms with E-state index in [1.807, 2.05) is 12.2 Å². The van der Waals surface area contributed by atoms with E-state index in [0.717, 1.165) is 29.9 Å². The molecule has 0 spiro atoms. The zero-order valence-electron chi connectivity index (χ0n) is 10.9. The van der Waals surface area contributed by atoms with Gasteiger partial charge in [0.05, 0.1) is 0 Å². The molecule has 1 aliphatic carbocycles. The highest BCUT2D eigenvalue weighted by Gasteiger charge is 2.14. The first-order valence-electron chi connectivity index (χ1n) is 6.15. The number of rotatable bonds is 2. The molecule has 0 aromatic rings. The lowest BCUT2D eigenvalue weighted by Gasteiger charge is -2.29. The zero-order chi connectivity index (χ0) is 13.1. The van der Waals surface area contributed by atoms with Crippen molar-refractivity contribution in [2.75, 3.05) is 13.6 Å². The van der Waals surface area contributed by atoms with E-state index in [2.05, 4.69) is 37.1 Å². The summed E-state index contributed by atoms with van der Waals surface area (Å²) in [4.78, 5) is 2.23. The summed E-state index contributed by atoms with van der Waals surface area (Å²) in [7, 11) is 7.98. The molecular formula is C15H17BClN. The molecule has 2 rings (SSSR count). The number of hydrogen-bond acceptors (Lipinski definition) is 1. The van der Waals surface area contributed by atoms with Gasteiger partial charge in [-0.1, -0.05) is 40.9 Å². The summed E-state index contributed by atoms with van der Waals surface area (Å²) in [5.41, 5.74) is 4.90. The van der Waals surface area contributed by atoms with Crippen LogP contribution in [0.5, 0.6) is 0 Å². The van der Waals surface area contributed by atoms with Crippen molar-refractivity contribution in [3.8, 4) is 0 Å². The Morgan fingerprint density at radius 3 is 2.89 bits per heavy atom. The van der Waals surface area contributed by atoms with E-state index in [1.54, 1.807) is 0 Å². The molecule has 0 amide bonds. The fourth-order valence-electron chi connectivity index (χ4n) is 2.34. The molecular weight excluding hydrogens is 240 g/mol. The molecule has 0 aromatic carbocycles. The first-order chi connectivity index (χ1) is 8.56. The molecule has 1 aliphatic heterocycles. The van der Waals surface area contributed by atoms with Gasteiger partial charge in [0, 0.05) is 30.7 Å². The quantitative estimate of drug-likeness (QED) is 0.683. The third kappa shape index (κ3) is 3.20. The minimum absolute atomic E-state index is 0.789. The Balaban J connectivity index is 2.19. The Bertz CT molecular complexity index is 495. The summed E-state index contributed by atoms with van der Waals surface area (Å²) in [6, 6.07) is 0. The molecule has 0 aromatic heterocycles. The number of halogens is 1. The van der Waals surface area contributed by atoms with Crippen molar-refractivity contribution >= 4 is 19.4 Å². The Labute approximate surface area is 116 Å². The van der Waals surface area contributed by atoms with Crippen LogP contribution in [-0.4, -0.2) is 26.3 Å². The summed E-state index contributed by atoms with van der Waals surface area (Å²) in [6.07, 6.45) is 12.1. The molecule has 1 heterocycles. The van der Waals surface area contributed by atoms with Crippen molar-refractivity contribution < 1.29 is 0 Å². The minimum atomic E-state index is 0.789. The predicted octanol–water partition coefficient (Wildman–Crippen LogP) is 3.66. The molecule has 0 bridgehead atoms. The molecule has 0 fully saturated rings. The number of nitrogens with zero attached hydrogens (tertiary/aromatic N) is 1. The van der Waals surface area contributed by atoms with Crippen molar-refractivity contribution in [1.29, 1.82) is 0 Å². The van der Waals surface area contributed by atoms with Gasteiger partial charge in [-0.3, -0.25) is 0 Å². The molecule has 0 saturated heterocycles. The summed E-state index contributed by atoms with van der Waals surface area (Å²) in [5, 5.41) is 0.789. The largest absolute Gasteiger partial charge is 0.374 e. The Hall–Kier alpha value is -1.15. The van der Waals surface area contributed by atoms with Crippen molar-refractivity contribution in [3.63, 3.8) is 0 Å². The van der Waals surface area contributed by atoms with Gasteiger partial charge in [0.25, 0.3) is 0 Å². The number of allylic oxidation sites excluding steroid dienone is 8. The van der Waals surface area contributed by atoms with E-state index in [1.165, 1.54) is 16.8 Å². The molecule has 0 N–H and O–H groups in total. The van der Waals surface area contributed by atoms with Gasteiger partial charge < -0.3 is 4.90 Å². The van der Waals surface area contributed by atoms with Crippen molar-refractivity contribution in [1.82, 2.24) is 4.90 Å². The van der Waals surface area contributed by atoms with Gasteiger partial charge in [0.1, 0.15) is 7.85 Å². The van der Waals surface area contributed by atoms with Crippen molar-refractivity contribution in [2.24, 2.45) is 0 Å². The lowest BCUT2D eigenvalue weighted by Crippen LogP contribution is -2.25. The summed E-state index contributed by atoms with van der Waals surface area (Å²) >= 11 is 5.99. The normalized spacial score (nSPS) is 20.4. The van der Waals surface area contributed by atoms with Crippen LogP contribution in [0, 0.1) is 0 Å². The molecule has 92 valence electrons. The Kier molecular flexibility index (Phi) is 4.18. The molecule has 2 aliphatic rings. The van der Waals surface area contributed by atoms with Crippen molar-refractivity contribution in [2.45, 2.75) is 19.8 Å². The lowest BCUT2D eigenvalue weighted by atomic mass is 9.88. The molecule has 2 radical (unpaired) electrons. The Morgan fingerprint density at radius 2 is 2.17 bits per heavy atom. The highest BCUT2D eigenvalue weighted by Crippen LogP contribution is 2.26. The van der Waals surface area contributed by atoms with Crippen LogP contribution in [-0.2, 0) is 0 Å². The van der Waals surface area contributed by atoms with Crippen LogP contribution in [0.4, 0.5) is 0 Å². The van der Waals surface area contributed by atoms with Gasteiger partial charge in [-0.25, -0.2) is 0 Å². The van der Waals surface area contributed by atoms with Crippen molar-refractivity contribution in [3.05, 3.63) is 57.7 Å². The summed E-state index contributed by atoms with van der Waals surface area (Å²) in [6.45, 7) is 2.93. The van der Waals surface area contributed by atoms with Gasteiger partial charge in [-0.15, -0.1) is 0 Å². The third-order valence-corrected chi connectivity index (χ3v) is 3.52. The maximum Gasteiger partial charge on any atom is 0.110 e. The van der Waals surface area contributed by atoms with Gasteiger partial charge >= 0.3 is 0 Å². The van der Waals surface area contributed by atoms with Crippen LogP contribution in [0.1, 0.15) is 19.8 Å². The highest BCUT2D eigenvalue weighted by molar-refractivity contribution is 6.31. The topological polar surface area (TPSA) is 3.24 Å². The van der Waals surface area contributed by atoms with E-state index >= 15 is 0 Å². The van der Waals surface area contributed by atoms with E-state index < -0.39 is 0 Å². The SMILES string of the molecule is [B]C1=CC(C)=C(CC2=CC=C(Cl)C=CC2)N(C)C1. The van der Waals surface area contributed by atoms with E-state index in [9.17, 15) is 0 Å². The molecule has 0 saturated carbocycles. The van der Waals surface area contributed by atoms with Gasteiger partial charge in [0.15, 0.2) is 0 Å². The first kappa shape index (κ1) is 13.3. The summed E-state index contributed by atoms with van der Waals surface area (Å²) in [5.74, 6) is 0. The van der Waals surface area contributed by atoms with Gasteiger partial charge in [-0.05, 0) is 31.1 Å². The standard InChI is InChI=1S/C15H17BClN/c1-11-8-13(16)10-18(2)15(11)9-12-4-3-5-14(17)7-6-12/h3,5-8H,4,9-10H2,1-2H3. The highest BCUT2D eigenvalue weighted by atomic mass is 35.5. The average Bonchev–Trinajstić information content (AvgIpc) is 2.48. The molecule has 3 heteroatoms. The van der Waals surface area contributed by atoms with Gasteiger partial charge in [0.2, 0.25) is 0 Å². The summed E-state index contributed by atoms with van der Waals surface area (Å²) < 4.78 is 0. The maximum atomic E-state index is 5.99. The molecule has 0 unspecified atom stereocenters. The predicted molar refractivity (Wildman–Crippen MR) is 79.6 cm³/mol. The van der Waals surface area contributed by atoms with Crippen LogP contribution in [0.15, 0.2) is 57.7 Å². The average molecular weight is 258 g/mol. The second-order valence-electron chi connectivity index (χ2n) is 4.86. The third-order valence-electron chi connectivity index (χ3n) is 3.27. The number of likely N-dealkylation sites (N-methyl/N-ethyl adjacent to an activating group) is 1.